The highest BCUT2D eigenvalue weighted by Gasteiger charge is 2.08. The normalized spacial score (nSPS) is 10.3. The van der Waals surface area contributed by atoms with Crippen molar-refractivity contribution in [3.63, 3.8) is 0 Å². The number of ether oxygens (including phenoxy) is 1. The second kappa shape index (κ2) is 8.13. The molecular weight excluding hydrogens is 292 g/mol. The molecule has 0 atom stereocenters. The summed E-state index contributed by atoms with van der Waals surface area (Å²) in [7, 11) is 1.37. The summed E-state index contributed by atoms with van der Waals surface area (Å²) >= 11 is 0. The third-order valence-corrected chi connectivity index (χ3v) is 3.78. The average molecular weight is 312 g/mol. The second-order valence-corrected chi connectivity index (χ2v) is 5.36. The van der Waals surface area contributed by atoms with Crippen LogP contribution in [0.3, 0.4) is 0 Å². The Kier molecular flexibility index (Phi) is 5.92. The third-order valence-electron chi connectivity index (χ3n) is 3.78. The molecular formula is C19H20O4. The summed E-state index contributed by atoms with van der Waals surface area (Å²) in [5.74, 6) is -1.21. The first-order valence-corrected chi connectivity index (χ1v) is 7.60. The lowest BCUT2D eigenvalue weighted by molar-refractivity contribution is 0.0599. The molecule has 0 saturated heterocycles. The second-order valence-electron chi connectivity index (χ2n) is 5.36. The van der Waals surface area contributed by atoms with Crippen molar-refractivity contribution in [1.29, 1.82) is 0 Å². The number of carbonyl (C=O) groups is 2. The quantitative estimate of drug-likeness (QED) is 0.625. The summed E-state index contributed by atoms with van der Waals surface area (Å²) in [4.78, 5) is 22.5. The number of esters is 1. The Hall–Kier alpha value is -2.62. The van der Waals surface area contributed by atoms with Crippen molar-refractivity contribution in [1.82, 2.24) is 0 Å². The van der Waals surface area contributed by atoms with Gasteiger partial charge in [0.2, 0.25) is 0 Å². The number of carboxylic acids is 1. The van der Waals surface area contributed by atoms with Gasteiger partial charge in [0.15, 0.2) is 0 Å². The largest absolute Gasteiger partial charge is 0.478 e. The Labute approximate surface area is 135 Å². The van der Waals surface area contributed by atoms with Gasteiger partial charge in [-0.05, 0) is 55.0 Å². The lowest BCUT2D eigenvalue weighted by Gasteiger charge is -2.06. The number of hydrogen-bond acceptors (Lipinski definition) is 3. The first-order chi connectivity index (χ1) is 11.1. The van der Waals surface area contributed by atoms with Gasteiger partial charge in [-0.15, -0.1) is 0 Å². The maximum Gasteiger partial charge on any atom is 0.337 e. The van der Waals surface area contributed by atoms with Crippen LogP contribution in [0, 0.1) is 0 Å². The lowest BCUT2D eigenvalue weighted by atomic mass is 9.99. The average Bonchev–Trinajstić information content (AvgIpc) is 2.58. The summed E-state index contributed by atoms with van der Waals surface area (Å²) < 4.78 is 4.67. The van der Waals surface area contributed by atoms with Crippen molar-refractivity contribution >= 4 is 11.9 Å². The minimum absolute atomic E-state index is 0.332. The van der Waals surface area contributed by atoms with Crippen LogP contribution in [0.5, 0.6) is 0 Å². The number of carbonyl (C=O) groups excluding carboxylic acids is 1. The van der Waals surface area contributed by atoms with E-state index in [0.717, 1.165) is 36.8 Å². The van der Waals surface area contributed by atoms with E-state index in [0.29, 0.717) is 11.1 Å². The number of carboxylic acid groups (broad SMARTS) is 1. The molecule has 0 aliphatic carbocycles. The van der Waals surface area contributed by atoms with Gasteiger partial charge in [0.05, 0.1) is 18.2 Å². The lowest BCUT2D eigenvalue weighted by Crippen LogP contribution is -2.02. The van der Waals surface area contributed by atoms with E-state index in [-0.39, 0.29) is 5.97 Å². The standard InChI is InChI=1S/C19H20O4/c1-23-19(22)16-12-10-14(11-13-16)6-2-3-7-15-8-4-5-9-17(15)18(20)21/h4-5,8-13H,2-3,6-7H2,1H3,(H,20,21). The molecule has 23 heavy (non-hydrogen) atoms. The molecule has 2 aromatic carbocycles. The van der Waals surface area contributed by atoms with Gasteiger partial charge in [0.25, 0.3) is 0 Å². The van der Waals surface area contributed by atoms with Crippen molar-refractivity contribution in [3.8, 4) is 0 Å². The Morgan fingerprint density at radius 1 is 0.957 bits per heavy atom. The van der Waals surface area contributed by atoms with E-state index in [9.17, 15) is 9.59 Å². The molecule has 0 unspecified atom stereocenters. The fourth-order valence-corrected chi connectivity index (χ4v) is 2.52. The number of aromatic carboxylic acids is 1. The van der Waals surface area contributed by atoms with E-state index in [1.54, 1.807) is 24.3 Å². The molecule has 4 heteroatoms. The molecule has 0 aliphatic heterocycles. The highest BCUT2D eigenvalue weighted by atomic mass is 16.5. The molecule has 0 bridgehead atoms. The van der Waals surface area contributed by atoms with Crippen LogP contribution >= 0.6 is 0 Å². The number of methoxy groups -OCH3 is 1. The van der Waals surface area contributed by atoms with Crippen LogP contribution in [-0.4, -0.2) is 24.2 Å². The highest BCUT2D eigenvalue weighted by molar-refractivity contribution is 5.89. The van der Waals surface area contributed by atoms with E-state index in [1.807, 2.05) is 24.3 Å². The molecule has 0 saturated carbocycles. The molecule has 0 aliphatic rings. The summed E-state index contributed by atoms with van der Waals surface area (Å²) in [6.07, 6.45) is 3.54. The SMILES string of the molecule is COC(=O)c1ccc(CCCCc2ccccc2C(=O)O)cc1. The van der Waals surface area contributed by atoms with Gasteiger partial charge in [-0.1, -0.05) is 30.3 Å². The molecule has 0 heterocycles. The predicted octanol–water partition coefficient (Wildman–Crippen LogP) is 3.74. The molecule has 0 amide bonds. The molecule has 1 N–H and O–H groups in total. The maximum absolute atomic E-state index is 11.4. The zero-order valence-corrected chi connectivity index (χ0v) is 13.1. The van der Waals surface area contributed by atoms with Crippen LogP contribution in [-0.2, 0) is 17.6 Å². The molecule has 0 radical (unpaired) electrons. The van der Waals surface area contributed by atoms with E-state index < -0.39 is 5.97 Å². The van der Waals surface area contributed by atoms with Gasteiger partial charge in [-0.3, -0.25) is 0 Å². The Morgan fingerprint density at radius 3 is 2.26 bits per heavy atom. The van der Waals surface area contributed by atoms with Gasteiger partial charge in [-0.25, -0.2) is 9.59 Å². The molecule has 2 rings (SSSR count). The molecule has 0 aromatic heterocycles. The number of benzene rings is 2. The maximum atomic E-state index is 11.4. The minimum Gasteiger partial charge on any atom is -0.478 e. The fourth-order valence-electron chi connectivity index (χ4n) is 2.52. The summed E-state index contributed by atoms with van der Waals surface area (Å²) in [6.45, 7) is 0. The van der Waals surface area contributed by atoms with Gasteiger partial charge in [-0.2, -0.15) is 0 Å². The smallest absolute Gasteiger partial charge is 0.337 e. The van der Waals surface area contributed by atoms with Gasteiger partial charge < -0.3 is 9.84 Å². The van der Waals surface area contributed by atoms with Gasteiger partial charge in [0.1, 0.15) is 0 Å². The van der Waals surface area contributed by atoms with Crippen LogP contribution in [0.15, 0.2) is 48.5 Å². The highest BCUT2D eigenvalue weighted by Crippen LogP contribution is 2.14. The first kappa shape index (κ1) is 16.7. The number of unbranched alkanes of at least 4 members (excludes halogenated alkanes) is 1. The zero-order valence-electron chi connectivity index (χ0n) is 13.1. The Morgan fingerprint density at radius 2 is 1.61 bits per heavy atom. The summed E-state index contributed by atoms with van der Waals surface area (Å²) in [6, 6.07) is 14.5. The number of rotatable bonds is 7. The topological polar surface area (TPSA) is 63.6 Å². The monoisotopic (exact) mass is 312 g/mol. The molecule has 0 spiro atoms. The van der Waals surface area contributed by atoms with Gasteiger partial charge >= 0.3 is 11.9 Å². The zero-order chi connectivity index (χ0) is 16.7. The van der Waals surface area contributed by atoms with Crippen molar-refractivity contribution in [2.24, 2.45) is 0 Å². The third kappa shape index (κ3) is 4.68. The van der Waals surface area contributed by atoms with Crippen LogP contribution < -0.4 is 0 Å². The number of hydrogen-bond donors (Lipinski definition) is 1. The Bertz CT molecular complexity index is 674. The summed E-state index contributed by atoms with van der Waals surface area (Å²) in [5, 5.41) is 9.15. The molecule has 0 fully saturated rings. The van der Waals surface area contributed by atoms with Crippen molar-refractivity contribution < 1.29 is 19.4 Å². The van der Waals surface area contributed by atoms with Crippen LogP contribution in [0.25, 0.3) is 0 Å². The van der Waals surface area contributed by atoms with E-state index in [4.69, 9.17) is 5.11 Å². The van der Waals surface area contributed by atoms with E-state index >= 15 is 0 Å². The van der Waals surface area contributed by atoms with Crippen LogP contribution in [0.1, 0.15) is 44.7 Å². The van der Waals surface area contributed by atoms with Crippen molar-refractivity contribution in [3.05, 3.63) is 70.8 Å². The molecule has 120 valence electrons. The van der Waals surface area contributed by atoms with E-state index in [1.165, 1.54) is 7.11 Å². The fraction of sp³-hybridized carbons (Fsp3) is 0.263. The molecule has 2 aromatic rings. The molecule has 4 nitrogen and oxygen atoms in total. The van der Waals surface area contributed by atoms with Gasteiger partial charge in [0, 0.05) is 0 Å². The predicted molar refractivity (Wildman–Crippen MR) is 87.8 cm³/mol. The van der Waals surface area contributed by atoms with Crippen LogP contribution in [0.4, 0.5) is 0 Å². The minimum atomic E-state index is -0.876. The van der Waals surface area contributed by atoms with Crippen molar-refractivity contribution in [2.75, 3.05) is 7.11 Å². The number of aryl methyl sites for hydroxylation is 2. The first-order valence-electron chi connectivity index (χ1n) is 7.60. The van der Waals surface area contributed by atoms with Crippen molar-refractivity contribution in [2.45, 2.75) is 25.7 Å². The summed E-state index contributed by atoms with van der Waals surface area (Å²) in [5.41, 5.74) is 2.96. The Balaban J connectivity index is 1.84. The van der Waals surface area contributed by atoms with Crippen LogP contribution in [0.2, 0.25) is 0 Å². The van der Waals surface area contributed by atoms with E-state index in [2.05, 4.69) is 4.74 Å².